The predicted molar refractivity (Wildman–Crippen MR) is 86.6 cm³/mol. The Balaban J connectivity index is 0.00000400. The molecule has 0 heterocycles. The largest absolute Gasteiger partial charge is 1.00 e. The Hall–Kier alpha value is -1.42. The lowest BCUT2D eigenvalue weighted by Crippen LogP contribution is -3.00. The lowest BCUT2D eigenvalue weighted by molar-refractivity contribution is -0.00000871. The first-order valence-electron chi connectivity index (χ1n) is 7.21. The number of urea groups is 1. The van der Waals surface area contributed by atoms with Crippen LogP contribution in [-0.2, 0) is 0 Å². The number of hydrogen-bond donors (Lipinski definition) is 2. The van der Waals surface area contributed by atoms with E-state index in [1.165, 1.54) is 5.69 Å². The van der Waals surface area contributed by atoms with Crippen LogP contribution in [0.25, 0.3) is 0 Å². The van der Waals surface area contributed by atoms with Crippen LogP contribution < -0.4 is 27.9 Å². The summed E-state index contributed by atoms with van der Waals surface area (Å²) in [6, 6.07) is 5.95. The van der Waals surface area contributed by atoms with Gasteiger partial charge in [0.15, 0.2) is 0 Å². The third-order valence-electron chi connectivity index (χ3n) is 3.08. The molecule has 0 spiro atoms. The minimum atomic E-state index is -0.237. The van der Waals surface area contributed by atoms with Crippen LogP contribution in [0.3, 0.4) is 0 Å². The fraction of sp³-hybridized carbons (Fsp3) is 0.562. The molecule has 0 saturated carbocycles. The van der Waals surface area contributed by atoms with Crippen molar-refractivity contribution in [1.82, 2.24) is 5.32 Å². The molecule has 2 N–H and O–H groups in total. The predicted octanol–water partition coefficient (Wildman–Crippen LogP) is 0.765. The van der Waals surface area contributed by atoms with Crippen LogP contribution in [0.15, 0.2) is 18.2 Å². The van der Waals surface area contributed by atoms with E-state index in [1.807, 2.05) is 39.8 Å². The number of nitrogens with zero attached hydrogens (tertiary/aromatic N) is 1. The number of hydrogen-bond acceptors (Lipinski definition) is 2. The Labute approximate surface area is 134 Å². The molecule has 5 heteroatoms. The maximum Gasteiger partial charge on any atom is 0.319 e. The van der Waals surface area contributed by atoms with Crippen molar-refractivity contribution in [2.24, 2.45) is 0 Å². The van der Waals surface area contributed by atoms with E-state index >= 15 is 0 Å². The van der Waals surface area contributed by atoms with Crippen LogP contribution in [0.5, 0.6) is 0 Å². The first kappa shape index (κ1) is 19.6. The van der Waals surface area contributed by atoms with Gasteiger partial charge in [0.2, 0.25) is 0 Å². The zero-order valence-electron chi connectivity index (χ0n) is 13.9. The van der Waals surface area contributed by atoms with E-state index in [9.17, 15) is 4.79 Å². The van der Waals surface area contributed by atoms with Gasteiger partial charge in [-0.15, -0.1) is 0 Å². The summed E-state index contributed by atoms with van der Waals surface area (Å²) in [4.78, 5) is 14.2. The molecule has 21 heavy (non-hydrogen) atoms. The van der Waals surface area contributed by atoms with Gasteiger partial charge in [0.1, 0.15) is 0 Å². The normalized spacial score (nSPS) is 10.6. The Morgan fingerprint density at radius 1 is 1.19 bits per heavy atom. The van der Waals surface area contributed by atoms with Crippen molar-refractivity contribution >= 4 is 17.4 Å². The molecule has 0 fully saturated rings. The highest BCUT2D eigenvalue weighted by molar-refractivity contribution is 5.90. The fourth-order valence-electron chi connectivity index (χ4n) is 2.07. The Bertz CT molecular complexity index is 465. The summed E-state index contributed by atoms with van der Waals surface area (Å²) in [5.74, 6) is 0. The minimum absolute atomic E-state index is 0. The quantitative estimate of drug-likeness (QED) is 0.862. The van der Waals surface area contributed by atoms with Crippen molar-refractivity contribution in [1.29, 1.82) is 0 Å². The van der Waals surface area contributed by atoms with Crippen LogP contribution >= 0.6 is 0 Å². The maximum absolute atomic E-state index is 11.9. The maximum atomic E-state index is 11.9. The van der Waals surface area contributed by atoms with E-state index in [0.717, 1.165) is 24.3 Å². The molecule has 0 atom stereocenters. The minimum Gasteiger partial charge on any atom is -1.00 e. The second-order valence-corrected chi connectivity index (χ2v) is 6.00. The van der Waals surface area contributed by atoms with Gasteiger partial charge in [-0.2, -0.15) is 0 Å². The van der Waals surface area contributed by atoms with Crippen LogP contribution in [0, 0.1) is 6.92 Å². The van der Waals surface area contributed by atoms with Gasteiger partial charge in [0.25, 0.3) is 0 Å². The molecule has 0 bridgehead atoms. The van der Waals surface area contributed by atoms with Crippen molar-refractivity contribution in [3.63, 3.8) is 0 Å². The van der Waals surface area contributed by atoms with Gasteiger partial charge in [-0.3, -0.25) is 0 Å². The van der Waals surface area contributed by atoms with Gasteiger partial charge in [-0.05, 0) is 65.3 Å². The second kappa shape index (κ2) is 8.13. The number of carbonyl (C=O) groups excluding carboxylic acids is 1. The van der Waals surface area contributed by atoms with Gasteiger partial charge in [-0.1, -0.05) is 0 Å². The van der Waals surface area contributed by atoms with E-state index in [0.29, 0.717) is 0 Å². The first-order valence-corrected chi connectivity index (χ1v) is 7.21. The van der Waals surface area contributed by atoms with Crippen LogP contribution in [0.4, 0.5) is 16.2 Å². The Morgan fingerprint density at radius 3 is 2.19 bits per heavy atom. The lowest BCUT2D eigenvalue weighted by Gasteiger charge is -2.23. The third-order valence-corrected chi connectivity index (χ3v) is 3.08. The molecule has 0 saturated heterocycles. The molecule has 1 aromatic rings. The molecule has 0 aliphatic heterocycles. The third kappa shape index (κ3) is 6.25. The SMILES string of the molecule is CCN(CC)c1ccc(NC(=O)NC(C)(C)C)c(C)c1.[Cl-]. The number of amides is 2. The van der Waals surface area contributed by atoms with Crippen LogP contribution in [-0.4, -0.2) is 24.7 Å². The average Bonchev–Trinajstić information content (AvgIpc) is 2.31. The highest BCUT2D eigenvalue weighted by Gasteiger charge is 2.14. The molecular formula is C16H27ClN3O-. The molecule has 1 aromatic carbocycles. The standard InChI is InChI=1S/C16H27N3O.ClH/c1-7-19(8-2)13-9-10-14(12(3)11-13)17-15(20)18-16(4,5)6;/h9-11H,7-8H2,1-6H3,(H2,17,18,20);1H/p-1. The van der Waals surface area contributed by atoms with E-state index in [4.69, 9.17) is 0 Å². The molecule has 2 amide bonds. The van der Waals surface area contributed by atoms with Gasteiger partial charge in [-0.25, -0.2) is 4.79 Å². The van der Waals surface area contributed by atoms with E-state index in [2.05, 4.69) is 35.4 Å². The Kier molecular flexibility index (Phi) is 7.58. The molecule has 0 aliphatic carbocycles. The highest BCUT2D eigenvalue weighted by atomic mass is 35.5. The molecule has 0 aromatic heterocycles. The lowest BCUT2D eigenvalue weighted by atomic mass is 10.1. The summed E-state index contributed by atoms with van der Waals surface area (Å²) in [6.45, 7) is 14.1. The molecule has 0 unspecified atom stereocenters. The van der Waals surface area contributed by atoms with Crippen LogP contribution in [0.2, 0.25) is 0 Å². The Morgan fingerprint density at radius 2 is 1.76 bits per heavy atom. The van der Waals surface area contributed by atoms with Crippen molar-refractivity contribution in [2.75, 3.05) is 23.3 Å². The molecular weight excluding hydrogens is 286 g/mol. The average molecular weight is 313 g/mol. The summed E-state index contributed by atoms with van der Waals surface area (Å²) in [5.41, 5.74) is 2.87. The van der Waals surface area contributed by atoms with Gasteiger partial charge in [0, 0.05) is 30.0 Å². The first-order chi connectivity index (χ1) is 9.26. The monoisotopic (exact) mass is 312 g/mol. The van der Waals surface area contributed by atoms with Crippen molar-refractivity contribution in [3.05, 3.63) is 23.8 Å². The highest BCUT2D eigenvalue weighted by Crippen LogP contribution is 2.22. The molecule has 1 rings (SSSR count). The number of halogens is 1. The number of anilines is 2. The molecule has 4 nitrogen and oxygen atoms in total. The second-order valence-electron chi connectivity index (χ2n) is 6.00. The van der Waals surface area contributed by atoms with E-state index < -0.39 is 0 Å². The summed E-state index contributed by atoms with van der Waals surface area (Å²) >= 11 is 0. The topological polar surface area (TPSA) is 44.4 Å². The summed E-state index contributed by atoms with van der Waals surface area (Å²) in [7, 11) is 0. The van der Waals surface area contributed by atoms with Crippen molar-refractivity contribution in [3.8, 4) is 0 Å². The van der Waals surface area contributed by atoms with Crippen molar-refractivity contribution < 1.29 is 17.2 Å². The number of nitrogens with one attached hydrogen (secondary N) is 2. The fourth-order valence-corrected chi connectivity index (χ4v) is 2.07. The summed E-state index contributed by atoms with van der Waals surface area (Å²) in [6.07, 6.45) is 0. The van der Waals surface area contributed by atoms with Gasteiger partial charge in [0.05, 0.1) is 0 Å². The summed E-state index contributed by atoms with van der Waals surface area (Å²) in [5, 5.41) is 5.79. The van der Waals surface area contributed by atoms with E-state index in [-0.39, 0.29) is 24.0 Å². The smallest absolute Gasteiger partial charge is 0.319 e. The van der Waals surface area contributed by atoms with Crippen LogP contribution in [0.1, 0.15) is 40.2 Å². The molecule has 0 aliphatic rings. The summed E-state index contributed by atoms with van der Waals surface area (Å²) < 4.78 is 0. The number of benzene rings is 1. The zero-order chi connectivity index (χ0) is 15.3. The zero-order valence-corrected chi connectivity index (χ0v) is 14.6. The number of aryl methyl sites for hydroxylation is 1. The van der Waals surface area contributed by atoms with E-state index in [1.54, 1.807) is 0 Å². The van der Waals surface area contributed by atoms with Gasteiger partial charge < -0.3 is 27.9 Å². The van der Waals surface area contributed by atoms with Gasteiger partial charge >= 0.3 is 6.03 Å². The molecule has 120 valence electrons. The molecule has 0 radical (unpaired) electrons. The number of carbonyl (C=O) groups is 1. The van der Waals surface area contributed by atoms with Crippen molar-refractivity contribution in [2.45, 2.75) is 47.1 Å². The number of rotatable bonds is 4.